The molecule has 0 fully saturated rings. The summed E-state index contributed by atoms with van der Waals surface area (Å²) in [7, 11) is 0. The molecular formula is C29H56. The first kappa shape index (κ1) is 32.6. The summed E-state index contributed by atoms with van der Waals surface area (Å²) in [6.45, 7) is 16.4. The van der Waals surface area contributed by atoms with E-state index in [2.05, 4.69) is 64.8 Å². The Morgan fingerprint density at radius 1 is 0.448 bits per heavy atom. The van der Waals surface area contributed by atoms with Gasteiger partial charge in [0.25, 0.3) is 0 Å². The summed E-state index contributed by atoms with van der Waals surface area (Å²) in [6, 6.07) is 0. The summed E-state index contributed by atoms with van der Waals surface area (Å²) in [5.74, 6) is 0. The van der Waals surface area contributed by atoms with Crippen molar-refractivity contribution in [2.45, 2.75) is 136 Å². The van der Waals surface area contributed by atoms with Crippen molar-refractivity contribution in [2.75, 3.05) is 0 Å². The van der Waals surface area contributed by atoms with Gasteiger partial charge in [-0.2, -0.15) is 0 Å². The smallest absolute Gasteiger partial charge is 0.0351 e. The zero-order valence-electron chi connectivity index (χ0n) is 20.7. The van der Waals surface area contributed by atoms with Crippen LogP contribution in [-0.4, -0.2) is 0 Å². The van der Waals surface area contributed by atoms with Crippen LogP contribution in [0.25, 0.3) is 0 Å². The van der Waals surface area contributed by atoms with Gasteiger partial charge >= 0.3 is 0 Å². The molecule has 0 aromatic rings. The molecule has 172 valence electrons. The van der Waals surface area contributed by atoms with E-state index in [1.807, 2.05) is 6.08 Å². The lowest BCUT2D eigenvalue weighted by molar-refractivity contribution is 0.599. The van der Waals surface area contributed by atoms with Gasteiger partial charge in [0.2, 0.25) is 0 Å². The number of rotatable bonds is 19. The van der Waals surface area contributed by atoms with Crippen LogP contribution in [0.5, 0.6) is 0 Å². The molecule has 0 aromatic carbocycles. The molecule has 0 aliphatic rings. The second-order valence-electron chi connectivity index (χ2n) is 7.68. The Hall–Kier alpha value is -1.04. The van der Waals surface area contributed by atoms with E-state index >= 15 is 0 Å². The maximum Gasteiger partial charge on any atom is -0.0351 e. The Morgan fingerprint density at radius 2 is 0.828 bits per heavy atom. The highest BCUT2D eigenvalue weighted by Crippen LogP contribution is 2.10. The molecular weight excluding hydrogens is 348 g/mol. The minimum absolute atomic E-state index is 1.18. The van der Waals surface area contributed by atoms with Crippen molar-refractivity contribution >= 4 is 0 Å². The second kappa shape index (κ2) is 37.7. The van der Waals surface area contributed by atoms with Crippen molar-refractivity contribution < 1.29 is 0 Å². The Kier molecular flexibility index (Phi) is 42.4. The number of allylic oxidation sites excluding steroid dienone is 5. The van der Waals surface area contributed by atoms with Gasteiger partial charge in [-0.1, -0.05) is 115 Å². The molecule has 0 unspecified atom stereocenters. The fourth-order valence-electron chi connectivity index (χ4n) is 2.97. The van der Waals surface area contributed by atoms with Crippen molar-refractivity contribution in [3.05, 3.63) is 50.1 Å². The Balaban J connectivity index is -0.000000564. The van der Waals surface area contributed by atoms with Gasteiger partial charge in [-0.3, -0.25) is 0 Å². The largest absolute Gasteiger partial charge is 0.106 e. The van der Waals surface area contributed by atoms with Gasteiger partial charge in [-0.15, -0.1) is 19.7 Å². The maximum atomic E-state index is 3.76. The predicted molar refractivity (Wildman–Crippen MR) is 140 cm³/mol. The molecule has 0 heterocycles. The Morgan fingerprint density at radius 3 is 1.28 bits per heavy atom. The Bertz CT molecular complexity index is 310. The Labute approximate surface area is 186 Å². The van der Waals surface area contributed by atoms with Crippen LogP contribution in [0.2, 0.25) is 0 Å². The minimum Gasteiger partial charge on any atom is -0.106 e. The fourth-order valence-corrected chi connectivity index (χ4v) is 2.97. The van der Waals surface area contributed by atoms with E-state index in [4.69, 9.17) is 0 Å². The molecule has 0 amide bonds. The van der Waals surface area contributed by atoms with Gasteiger partial charge in [-0.05, 0) is 51.4 Å². The molecule has 0 bridgehead atoms. The molecule has 29 heavy (non-hydrogen) atoms. The van der Waals surface area contributed by atoms with Crippen molar-refractivity contribution in [1.82, 2.24) is 0 Å². The summed E-state index contributed by atoms with van der Waals surface area (Å²) in [5, 5.41) is 0. The highest BCUT2D eigenvalue weighted by Gasteiger charge is 1.90. The second-order valence-corrected chi connectivity index (χ2v) is 7.68. The molecule has 0 saturated heterocycles. The van der Waals surface area contributed by atoms with E-state index < -0.39 is 0 Å². The van der Waals surface area contributed by atoms with E-state index in [-0.39, 0.29) is 0 Å². The summed E-state index contributed by atoms with van der Waals surface area (Å²) in [5.41, 5.74) is 0. The topological polar surface area (TPSA) is 0 Å². The fraction of sp³-hybridized carbons (Fsp3) is 0.724. The molecule has 0 spiro atoms. The standard InChI is InChI=1S/C19H36.C8H16.C2H4/c1-3-5-7-9-11-13-15-17-19-18-16-14-12-10-8-6-4-2;1-3-5-7-8-6-4-2;1-2/h3,16,18H,1,4-15,17,19H2,2H3;5,7H,3-4,6,8H2,1-2H3;1-2H2/b18-16-;7-5-;. The normalized spacial score (nSPS) is 10.4. The van der Waals surface area contributed by atoms with Crippen molar-refractivity contribution in [1.29, 1.82) is 0 Å². The van der Waals surface area contributed by atoms with Gasteiger partial charge in [0, 0.05) is 0 Å². The molecule has 0 nitrogen and oxygen atoms in total. The molecule has 0 N–H and O–H groups in total. The van der Waals surface area contributed by atoms with Crippen LogP contribution in [0.15, 0.2) is 50.1 Å². The first-order valence-corrected chi connectivity index (χ1v) is 12.7. The lowest BCUT2D eigenvalue weighted by atomic mass is 10.1. The molecule has 0 atom stereocenters. The van der Waals surface area contributed by atoms with Gasteiger partial charge in [0.05, 0.1) is 0 Å². The van der Waals surface area contributed by atoms with Crippen LogP contribution in [0.3, 0.4) is 0 Å². The molecule has 0 heteroatoms. The van der Waals surface area contributed by atoms with Crippen LogP contribution in [0, 0.1) is 0 Å². The van der Waals surface area contributed by atoms with E-state index in [9.17, 15) is 0 Å². The third-order valence-corrected chi connectivity index (χ3v) is 4.80. The van der Waals surface area contributed by atoms with Gasteiger partial charge in [0.15, 0.2) is 0 Å². The van der Waals surface area contributed by atoms with Crippen LogP contribution in [-0.2, 0) is 0 Å². The van der Waals surface area contributed by atoms with Crippen molar-refractivity contribution in [2.24, 2.45) is 0 Å². The van der Waals surface area contributed by atoms with E-state index in [0.717, 1.165) is 0 Å². The summed E-state index contributed by atoms with van der Waals surface area (Å²) in [4.78, 5) is 0. The lowest BCUT2D eigenvalue weighted by Crippen LogP contribution is -1.79. The van der Waals surface area contributed by atoms with Gasteiger partial charge < -0.3 is 0 Å². The average molecular weight is 405 g/mol. The molecule has 0 rings (SSSR count). The first-order chi connectivity index (χ1) is 14.3. The van der Waals surface area contributed by atoms with Crippen LogP contribution >= 0.6 is 0 Å². The van der Waals surface area contributed by atoms with Crippen molar-refractivity contribution in [3.63, 3.8) is 0 Å². The average Bonchev–Trinajstić information content (AvgIpc) is 2.76. The van der Waals surface area contributed by atoms with Crippen LogP contribution in [0.1, 0.15) is 136 Å². The van der Waals surface area contributed by atoms with Crippen molar-refractivity contribution in [3.8, 4) is 0 Å². The monoisotopic (exact) mass is 404 g/mol. The molecule has 0 aliphatic carbocycles. The molecule has 0 aliphatic heterocycles. The lowest BCUT2D eigenvalue weighted by Gasteiger charge is -1.99. The SMILES string of the molecule is C=C.C=CCCCCCCCC/C=C\CCCCCCC.CC/C=C\CCCC. The first-order valence-electron chi connectivity index (χ1n) is 12.7. The van der Waals surface area contributed by atoms with Crippen LogP contribution in [0.4, 0.5) is 0 Å². The molecule has 0 aromatic heterocycles. The van der Waals surface area contributed by atoms with E-state index in [1.165, 1.54) is 116 Å². The highest BCUT2D eigenvalue weighted by molar-refractivity contribution is 4.81. The number of unbranched alkanes of at least 4 members (excludes halogenated alkanes) is 14. The maximum absolute atomic E-state index is 3.76. The minimum atomic E-state index is 1.18. The number of hydrogen-bond acceptors (Lipinski definition) is 0. The molecule has 0 saturated carbocycles. The summed E-state index contributed by atoms with van der Waals surface area (Å²) in [6.07, 6.45) is 35.6. The predicted octanol–water partition coefficient (Wildman–Crippen LogP) is 11.2. The summed E-state index contributed by atoms with van der Waals surface area (Å²) >= 11 is 0. The third-order valence-electron chi connectivity index (χ3n) is 4.80. The summed E-state index contributed by atoms with van der Waals surface area (Å²) < 4.78 is 0. The highest BCUT2D eigenvalue weighted by atomic mass is 14.0. The van der Waals surface area contributed by atoms with Crippen LogP contribution < -0.4 is 0 Å². The van der Waals surface area contributed by atoms with E-state index in [0.29, 0.717) is 0 Å². The van der Waals surface area contributed by atoms with Gasteiger partial charge in [0.1, 0.15) is 0 Å². The zero-order chi connectivity index (χ0) is 22.3. The van der Waals surface area contributed by atoms with Gasteiger partial charge in [-0.25, -0.2) is 0 Å². The third kappa shape index (κ3) is 42.2. The number of hydrogen-bond donors (Lipinski definition) is 0. The zero-order valence-corrected chi connectivity index (χ0v) is 20.7. The quantitative estimate of drug-likeness (QED) is 0.148. The van der Waals surface area contributed by atoms with E-state index in [1.54, 1.807) is 0 Å². The molecule has 0 radical (unpaired) electrons.